The maximum Gasteiger partial charge on any atom is 0.194 e. The van der Waals surface area contributed by atoms with Crippen LogP contribution in [0.5, 0.6) is 5.75 Å². The van der Waals surface area contributed by atoms with Crippen LogP contribution in [0, 0.1) is 5.82 Å². The largest absolute Gasteiger partial charge is 0.497 e. The highest BCUT2D eigenvalue weighted by atomic mass is 35.5. The average Bonchev–Trinajstić information content (AvgIpc) is 2.55. The number of hydrogen-bond acceptors (Lipinski definition) is 2. The standard InChI is InChI=1S/C18H12ClFO2/c1-22-14-8-7-11-9-13(6-5-12(11)10-14)18(21)15-3-2-4-16(20)17(15)19/h2-10H,1H3. The van der Waals surface area contributed by atoms with Gasteiger partial charge in [0, 0.05) is 11.1 Å². The van der Waals surface area contributed by atoms with Crippen molar-refractivity contribution >= 4 is 28.2 Å². The Kier molecular flexibility index (Phi) is 3.82. The molecular weight excluding hydrogens is 303 g/mol. The number of halogens is 2. The Morgan fingerprint density at radius 3 is 2.55 bits per heavy atom. The molecule has 0 N–H and O–H groups in total. The minimum atomic E-state index is -0.599. The fourth-order valence-corrected chi connectivity index (χ4v) is 2.54. The number of carbonyl (C=O) groups is 1. The topological polar surface area (TPSA) is 26.3 Å². The first-order valence-electron chi connectivity index (χ1n) is 6.66. The van der Waals surface area contributed by atoms with Crippen molar-refractivity contribution in [3.05, 3.63) is 76.6 Å². The maximum absolute atomic E-state index is 13.5. The number of hydrogen-bond donors (Lipinski definition) is 0. The van der Waals surface area contributed by atoms with Crippen molar-refractivity contribution in [1.29, 1.82) is 0 Å². The van der Waals surface area contributed by atoms with Crippen molar-refractivity contribution in [1.82, 2.24) is 0 Å². The van der Waals surface area contributed by atoms with Crippen molar-refractivity contribution in [3.8, 4) is 5.75 Å². The molecule has 0 aromatic heterocycles. The number of fused-ring (bicyclic) bond motifs is 1. The molecule has 0 bridgehead atoms. The van der Waals surface area contributed by atoms with Crippen LogP contribution in [-0.2, 0) is 0 Å². The lowest BCUT2D eigenvalue weighted by Gasteiger charge is -2.07. The number of ether oxygens (including phenoxy) is 1. The van der Waals surface area contributed by atoms with Gasteiger partial charge < -0.3 is 4.74 Å². The Hall–Kier alpha value is -2.39. The third kappa shape index (κ3) is 2.55. The summed E-state index contributed by atoms with van der Waals surface area (Å²) in [4.78, 5) is 12.5. The molecule has 0 radical (unpaired) electrons. The molecule has 0 aliphatic heterocycles. The van der Waals surface area contributed by atoms with E-state index in [-0.39, 0.29) is 16.4 Å². The lowest BCUT2D eigenvalue weighted by molar-refractivity contribution is 0.103. The number of carbonyl (C=O) groups excluding carboxylic acids is 1. The first-order valence-corrected chi connectivity index (χ1v) is 7.04. The third-order valence-electron chi connectivity index (χ3n) is 3.51. The SMILES string of the molecule is COc1ccc2cc(C(=O)c3cccc(F)c3Cl)ccc2c1. The minimum Gasteiger partial charge on any atom is -0.497 e. The van der Waals surface area contributed by atoms with Crippen LogP contribution in [0.1, 0.15) is 15.9 Å². The molecule has 3 aromatic carbocycles. The molecule has 0 heterocycles. The third-order valence-corrected chi connectivity index (χ3v) is 3.89. The summed E-state index contributed by atoms with van der Waals surface area (Å²) in [6.45, 7) is 0. The zero-order valence-corrected chi connectivity index (χ0v) is 12.5. The lowest BCUT2D eigenvalue weighted by atomic mass is 9.99. The van der Waals surface area contributed by atoms with Gasteiger partial charge in [-0.15, -0.1) is 0 Å². The van der Waals surface area contributed by atoms with Crippen molar-refractivity contribution in [3.63, 3.8) is 0 Å². The van der Waals surface area contributed by atoms with E-state index in [9.17, 15) is 9.18 Å². The van der Waals surface area contributed by atoms with Crippen LogP contribution in [0.4, 0.5) is 4.39 Å². The molecule has 0 amide bonds. The van der Waals surface area contributed by atoms with Gasteiger partial charge in [-0.1, -0.05) is 35.9 Å². The van der Waals surface area contributed by atoms with Crippen molar-refractivity contribution in [2.75, 3.05) is 7.11 Å². The van der Waals surface area contributed by atoms with Crippen LogP contribution in [0.2, 0.25) is 5.02 Å². The van der Waals surface area contributed by atoms with Gasteiger partial charge in [-0.25, -0.2) is 4.39 Å². The van der Waals surface area contributed by atoms with E-state index in [1.807, 2.05) is 24.3 Å². The first kappa shape index (κ1) is 14.5. The summed E-state index contributed by atoms with van der Waals surface area (Å²) in [5.74, 6) is -0.153. The van der Waals surface area contributed by atoms with E-state index < -0.39 is 5.82 Å². The molecule has 0 atom stereocenters. The molecule has 2 nitrogen and oxygen atoms in total. The number of rotatable bonds is 3. The van der Waals surface area contributed by atoms with Gasteiger partial charge in [0.15, 0.2) is 5.78 Å². The smallest absolute Gasteiger partial charge is 0.194 e. The second kappa shape index (κ2) is 5.78. The zero-order chi connectivity index (χ0) is 15.7. The minimum absolute atomic E-state index is 0.151. The van der Waals surface area contributed by atoms with Crippen molar-refractivity contribution in [2.24, 2.45) is 0 Å². The highest BCUT2D eigenvalue weighted by Crippen LogP contribution is 2.26. The van der Waals surface area contributed by atoms with Gasteiger partial charge in [0.2, 0.25) is 0 Å². The van der Waals surface area contributed by atoms with E-state index in [2.05, 4.69) is 0 Å². The summed E-state index contributed by atoms with van der Waals surface area (Å²) in [5.41, 5.74) is 0.625. The summed E-state index contributed by atoms with van der Waals surface area (Å²) in [6.07, 6.45) is 0. The Labute approximate surface area is 132 Å². The average molecular weight is 315 g/mol. The summed E-state index contributed by atoms with van der Waals surface area (Å²) in [5, 5.41) is 1.71. The normalized spacial score (nSPS) is 10.7. The van der Waals surface area contributed by atoms with Crippen LogP contribution in [-0.4, -0.2) is 12.9 Å². The maximum atomic E-state index is 13.5. The number of benzene rings is 3. The van der Waals surface area contributed by atoms with E-state index in [1.54, 1.807) is 19.2 Å². The van der Waals surface area contributed by atoms with E-state index in [4.69, 9.17) is 16.3 Å². The number of ketones is 1. The molecule has 0 fully saturated rings. The molecule has 110 valence electrons. The van der Waals surface area contributed by atoms with Crippen molar-refractivity contribution < 1.29 is 13.9 Å². The van der Waals surface area contributed by atoms with Gasteiger partial charge in [-0.2, -0.15) is 0 Å². The van der Waals surface area contributed by atoms with Crippen molar-refractivity contribution in [2.45, 2.75) is 0 Å². The zero-order valence-electron chi connectivity index (χ0n) is 11.8. The molecule has 0 aliphatic carbocycles. The molecule has 3 aromatic rings. The van der Waals surface area contributed by atoms with Crippen LogP contribution in [0.25, 0.3) is 10.8 Å². The highest BCUT2D eigenvalue weighted by Gasteiger charge is 2.15. The summed E-state index contributed by atoms with van der Waals surface area (Å²) >= 11 is 5.88. The molecule has 0 unspecified atom stereocenters. The van der Waals surface area contributed by atoms with Gasteiger partial charge >= 0.3 is 0 Å². The van der Waals surface area contributed by atoms with E-state index >= 15 is 0 Å². The van der Waals surface area contributed by atoms with Crippen LogP contribution < -0.4 is 4.74 Å². The molecule has 0 aliphatic rings. The fraction of sp³-hybridized carbons (Fsp3) is 0.0556. The number of methoxy groups -OCH3 is 1. The Bertz CT molecular complexity index is 874. The first-order chi connectivity index (χ1) is 10.6. The Morgan fingerprint density at radius 1 is 1.05 bits per heavy atom. The molecular formula is C18H12ClFO2. The van der Waals surface area contributed by atoms with Crippen LogP contribution >= 0.6 is 11.6 Å². The molecule has 3 rings (SSSR count). The quantitative estimate of drug-likeness (QED) is 0.645. The Balaban J connectivity index is 2.06. The lowest BCUT2D eigenvalue weighted by Crippen LogP contribution is -2.03. The van der Waals surface area contributed by atoms with Gasteiger partial charge in [0.25, 0.3) is 0 Å². The summed E-state index contributed by atoms with van der Waals surface area (Å²) in [7, 11) is 1.60. The molecule has 0 saturated carbocycles. The van der Waals surface area contributed by atoms with E-state index in [1.165, 1.54) is 18.2 Å². The summed E-state index contributed by atoms with van der Waals surface area (Å²) in [6, 6.07) is 15.1. The molecule has 22 heavy (non-hydrogen) atoms. The predicted molar refractivity (Wildman–Crippen MR) is 85.3 cm³/mol. The fourth-order valence-electron chi connectivity index (χ4n) is 2.33. The predicted octanol–water partition coefficient (Wildman–Crippen LogP) is 4.87. The second-order valence-electron chi connectivity index (χ2n) is 4.86. The highest BCUT2D eigenvalue weighted by molar-refractivity contribution is 6.35. The molecule has 0 spiro atoms. The molecule has 0 saturated heterocycles. The molecule has 4 heteroatoms. The monoisotopic (exact) mass is 314 g/mol. The van der Waals surface area contributed by atoms with Gasteiger partial charge in [0.1, 0.15) is 11.6 Å². The van der Waals surface area contributed by atoms with Gasteiger partial charge in [0.05, 0.1) is 12.1 Å². The van der Waals surface area contributed by atoms with Crippen LogP contribution in [0.3, 0.4) is 0 Å². The Morgan fingerprint density at radius 2 is 1.77 bits per heavy atom. The van der Waals surface area contributed by atoms with E-state index in [0.717, 1.165) is 16.5 Å². The van der Waals surface area contributed by atoms with Gasteiger partial charge in [-0.3, -0.25) is 4.79 Å². The van der Waals surface area contributed by atoms with Crippen LogP contribution in [0.15, 0.2) is 54.6 Å². The van der Waals surface area contributed by atoms with Gasteiger partial charge in [-0.05, 0) is 41.1 Å². The van der Waals surface area contributed by atoms with E-state index in [0.29, 0.717) is 5.56 Å². The second-order valence-corrected chi connectivity index (χ2v) is 5.24. The summed E-state index contributed by atoms with van der Waals surface area (Å²) < 4.78 is 18.7.